The lowest BCUT2D eigenvalue weighted by atomic mass is 10.1. The van der Waals surface area contributed by atoms with E-state index < -0.39 is 5.97 Å². The standard InChI is InChI=1S/C11H12N2O2S/c1-7-2-3-9-8(12-7)4-5-10(13-9)16-6-11(14)15/h4-5,12H,1-3,6H2,(H,14,15). The first-order chi connectivity index (χ1) is 7.65. The van der Waals surface area contributed by atoms with Gasteiger partial charge in [-0.3, -0.25) is 4.79 Å². The number of carboxylic acid groups (broad SMARTS) is 1. The predicted octanol–water partition coefficient (Wildman–Crippen LogP) is 2.13. The van der Waals surface area contributed by atoms with Gasteiger partial charge in [0.2, 0.25) is 0 Å². The van der Waals surface area contributed by atoms with E-state index in [-0.39, 0.29) is 5.75 Å². The number of rotatable bonds is 3. The van der Waals surface area contributed by atoms with Crippen LogP contribution in [0, 0.1) is 0 Å². The summed E-state index contributed by atoms with van der Waals surface area (Å²) in [4.78, 5) is 14.8. The zero-order valence-corrected chi connectivity index (χ0v) is 9.51. The van der Waals surface area contributed by atoms with E-state index in [1.54, 1.807) is 0 Å². The molecule has 0 atom stereocenters. The predicted molar refractivity (Wildman–Crippen MR) is 63.7 cm³/mol. The van der Waals surface area contributed by atoms with Crippen molar-refractivity contribution in [2.45, 2.75) is 17.9 Å². The number of pyridine rings is 1. The van der Waals surface area contributed by atoms with Crippen LogP contribution >= 0.6 is 11.8 Å². The van der Waals surface area contributed by atoms with Crippen LogP contribution in [0.15, 0.2) is 29.4 Å². The third kappa shape index (κ3) is 2.55. The molecule has 1 aliphatic rings. The second-order valence-corrected chi connectivity index (χ2v) is 4.55. The Labute approximate surface area is 97.8 Å². The average molecular weight is 236 g/mol. The molecule has 5 heteroatoms. The van der Waals surface area contributed by atoms with Crippen LogP contribution in [0.1, 0.15) is 12.1 Å². The Morgan fingerprint density at radius 2 is 2.38 bits per heavy atom. The van der Waals surface area contributed by atoms with E-state index in [0.29, 0.717) is 0 Å². The minimum atomic E-state index is -0.823. The molecule has 84 valence electrons. The highest BCUT2D eigenvalue weighted by Gasteiger charge is 2.13. The van der Waals surface area contributed by atoms with Crippen molar-refractivity contribution >= 4 is 23.4 Å². The van der Waals surface area contributed by atoms with Crippen LogP contribution in [0.25, 0.3) is 0 Å². The van der Waals surface area contributed by atoms with Gasteiger partial charge < -0.3 is 10.4 Å². The monoisotopic (exact) mass is 236 g/mol. The molecule has 4 nitrogen and oxygen atoms in total. The summed E-state index contributed by atoms with van der Waals surface area (Å²) >= 11 is 1.24. The van der Waals surface area contributed by atoms with Crippen molar-refractivity contribution < 1.29 is 9.90 Å². The van der Waals surface area contributed by atoms with Gasteiger partial charge in [-0.05, 0) is 25.0 Å². The zero-order valence-electron chi connectivity index (χ0n) is 8.69. The highest BCUT2D eigenvalue weighted by molar-refractivity contribution is 7.99. The van der Waals surface area contributed by atoms with Crippen LogP contribution in [0.2, 0.25) is 0 Å². The van der Waals surface area contributed by atoms with Gasteiger partial charge in [-0.2, -0.15) is 0 Å². The molecule has 2 N–H and O–H groups in total. The number of carbonyl (C=O) groups is 1. The van der Waals surface area contributed by atoms with Crippen molar-refractivity contribution in [1.29, 1.82) is 0 Å². The fourth-order valence-electron chi connectivity index (χ4n) is 1.52. The van der Waals surface area contributed by atoms with Crippen LogP contribution in [-0.4, -0.2) is 21.8 Å². The van der Waals surface area contributed by atoms with Gasteiger partial charge in [0.1, 0.15) is 0 Å². The summed E-state index contributed by atoms with van der Waals surface area (Å²) in [5, 5.41) is 12.5. The van der Waals surface area contributed by atoms with Crippen LogP contribution in [-0.2, 0) is 11.2 Å². The molecule has 0 aromatic carbocycles. The summed E-state index contributed by atoms with van der Waals surface area (Å²) in [7, 11) is 0. The summed E-state index contributed by atoms with van der Waals surface area (Å²) < 4.78 is 0. The minimum absolute atomic E-state index is 0.0475. The molecule has 0 radical (unpaired) electrons. The number of aryl methyl sites for hydroxylation is 1. The normalized spacial score (nSPS) is 14.1. The number of thioether (sulfide) groups is 1. The fourth-order valence-corrected chi connectivity index (χ4v) is 2.13. The molecule has 16 heavy (non-hydrogen) atoms. The van der Waals surface area contributed by atoms with Gasteiger partial charge in [0, 0.05) is 5.70 Å². The number of aliphatic carboxylic acids is 1. The van der Waals surface area contributed by atoms with E-state index in [4.69, 9.17) is 5.11 Å². The number of allylic oxidation sites excluding steroid dienone is 1. The number of nitrogens with one attached hydrogen (secondary N) is 1. The second-order valence-electron chi connectivity index (χ2n) is 3.55. The van der Waals surface area contributed by atoms with Crippen molar-refractivity contribution in [2.75, 3.05) is 11.1 Å². The summed E-state index contributed by atoms with van der Waals surface area (Å²) in [6.45, 7) is 3.87. The molecule has 0 spiro atoms. The number of hydrogen-bond acceptors (Lipinski definition) is 4. The van der Waals surface area contributed by atoms with Gasteiger partial charge in [-0.1, -0.05) is 18.3 Å². The molecule has 1 aromatic rings. The molecule has 2 heterocycles. The molecule has 0 saturated heterocycles. The molecule has 2 rings (SSSR count). The third-order valence-electron chi connectivity index (χ3n) is 2.27. The van der Waals surface area contributed by atoms with Gasteiger partial charge >= 0.3 is 5.97 Å². The van der Waals surface area contributed by atoms with Crippen molar-refractivity contribution in [3.63, 3.8) is 0 Å². The number of hydrogen-bond donors (Lipinski definition) is 2. The summed E-state index contributed by atoms with van der Waals surface area (Å²) in [6.07, 6.45) is 1.75. The number of aromatic nitrogens is 1. The third-order valence-corrected chi connectivity index (χ3v) is 3.18. The topological polar surface area (TPSA) is 62.2 Å². The smallest absolute Gasteiger partial charge is 0.313 e. The van der Waals surface area contributed by atoms with Crippen LogP contribution in [0.4, 0.5) is 5.69 Å². The molecule has 0 unspecified atom stereocenters. The van der Waals surface area contributed by atoms with Crippen molar-refractivity contribution in [1.82, 2.24) is 4.98 Å². The zero-order chi connectivity index (χ0) is 11.5. The number of nitrogens with zero attached hydrogens (tertiary/aromatic N) is 1. The summed E-state index contributed by atoms with van der Waals surface area (Å²) in [6, 6.07) is 3.76. The largest absolute Gasteiger partial charge is 0.481 e. The van der Waals surface area contributed by atoms with Crippen LogP contribution in [0.5, 0.6) is 0 Å². The Kier molecular flexibility index (Phi) is 3.14. The molecule has 0 aliphatic carbocycles. The Morgan fingerprint density at radius 3 is 3.12 bits per heavy atom. The average Bonchev–Trinajstić information content (AvgIpc) is 2.26. The number of anilines is 1. The van der Waals surface area contributed by atoms with E-state index in [1.165, 1.54) is 11.8 Å². The Morgan fingerprint density at radius 1 is 1.56 bits per heavy atom. The first kappa shape index (κ1) is 11.0. The van der Waals surface area contributed by atoms with Gasteiger partial charge in [-0.25, -0.2) is 4.98 Å². The Hall–Kier alpha value is -1.49. The quantitative estimate of drug-likeness (QED) is 0.787. The Balaban J connectivity index is 2.13. The lowest BCUT2D eigenvalue weighted by Crippen LogP contribution is -2.11. The lowest BCUT2D eigenvalue weighted by Gasteiger charge is -2.19. The van der Waals surface area contributed by atoms with Crippen molar-refractivity contribution in [3.05, 3.63) is 30.1 Å². The van der Waals surface area contributed by atoms with Gasteiger partial charge in [-0.15, -0.1) is 0 Å². The van der Waals surface area contributed by atoms with E-state index >= 15 is 0 Å². The highest BCUT2D eigenvalue weighted by atomic mass is 32.2. The molecule has 0 amide bonds. The molecular weight excluding hydrogens is 224 g/mol. The van der Waals surface area contributed by atoms with Crippen LogP contribution in [0.3, 0.4) is 0 Å². The van der Waals surface area contributed by atoms with Gasteiger partial charge in [0.25, 0.3) is 0 Å². The van der Waals surface area contributed by atoms with Crippen LogP contribution < -0.4 is 5.32 Å². The van der Waals surface area contributed by atoms with E-state index in [9.17, 15) is 4.79 Å². The lowest BCUT2D eigenvalue weighted by molar-refractivity contribution is -0.133. The van der Waals surface area contributed by atoms with E-state index in [0.717, 1.165) is 34.9 Å². The van der Waals surface area contributed by atoms with E-state index in [1.807, 2.05) is 12.1 Å². The molecule has 0 bridgehead atoms. The van der Waals surface area contributed by atoms with Crippen molar-refractivity contribution in [2.24, 2.45) is 0 Å². The van der Waals surface area contributed by atoms with Gasteiger partial charge in [0.05, 0.1) is 22.2 Å². The van der Waals surface area contributed by atoms with Gasteiger partial charge in [0.15, 0.2) is 0 Å². The molecular formula is C11H12N2O2S. The first-order valence-corrected chi connectivity index (χ1v) is 5.93. The maximum atomic E-state index is 10.4. The number of fused-ring (bicyclic) bond motifs is 1. The first-order valence-electron chi connectivity index (χ1n) is 4.94. The molecule has 1 aliphatic heterocycles. The summed E-state index contributed by atoms with van der Waals surface area (Å²) in [5.74, 6) is -0.776. The molecule has 0 saturated carbocycles. The molecule has 0 fully saturated rings. The van der Waals surface area contributed by atoms with E-state index in [2.05, 4.69) is 16.9 Å². The number of carboxylic acids is 1. The van der Waals surface area contributed by atoms with Crippen molar-refractivity contribution in [3.8, 4) is 0 Å². The maximum absolute atomic E-state index is 10.4. The fraction of sp³-hybridized carbons (Fsp3) is 0.273. The minimum Gasteiger partial charge on any atom is -0.481 e. The highest BCUT2D eigenvalue weighted by Crippen LogP contribution is 2.27. The SMILES string of the molecule is C=C1CCc2nc(SCC(=O)O)ccc2N1. The summed E-state index contributed by atoms with van der Waals surface area (Å²) in [5.41, 5.74) is 2.97. The second kappa shape index (κ2) is 4.57. The maximum Gasteiger partial charge on any atom is 0.313 e. The molecule has 1 aromatic heterocycles. The Bertz CT molecular complexity index is 446.